The Morgan fingerprint density at radius 3 is 1.24 bits per heavy atom. The molecule has 0 bridgehead atoms. The van der Waals surface area contributed by atoms with Gasteiger partial charge in [0.25, 0.3) is 0 Å². The molecule has 0 saturated carbocycles. The third-order valence-electron chi connectivity index (χ3n) is 0.800. The van der Waals surface area contributed by atoms with E-state index in [4.69, 9.17) is 25.2 Å². The molecule has 126 valence electrons. The van der Waals surface area contributed by atoms with Crippen molar-refractivity contribution in [1.29, 1.82) is 0 Å². The molecule has 0 aliphatic carbocycles. The van der Waals surface area contributed by atoms with Crippen LogP contribution in [0.2, 0.25) is 0 Å². The van der Waals surface area contributed by atoms with Gasteiger partial charge in [-0.15, -0.1) is 0 Å². The fourth-order valence-corrected chi connectivity index (χ4v) is 0.202. The third-order valence-corrected chi connectivity index (χ3v) is 1.34. The van der Waals surface area contributed by atoms with Gasteiger partial charge in [0.1, 0.15) is 0 Å². The molecule has 0 fully saturated rings. The Morgan fingerprint density at radius 2 is 1.14 bits per heavy atom. The number of thiol groups is 2. The topological polar surface area (TPSA) is 124 Å². The van der Waals surface area contributed by atoms with Gasteiger partial charge in [0.2, 0.25) is 0 Å². The highest BCUT2D eigenvalue weighted by atomic mass is 32.1. The highest BCUT2D eigenvalue weighted by Crippen LogP contribution is 1.76. The maximum Gasteiger partial charge on any atom is 0.313 e. The van der Waals surface area contributed by atoms with Crippen LogP contribution in [0.25, 0.3) is 0 Å². The van der Waals surface area contributed by atoms with E-state index in [2.05, 4.69) is 25.3 Å². The Bertz CT molecular complexity index is 242. The first-order valence-electron chi connectivity index (χ1n) is 5.62. The lowest BCUT2D eigenvalue weighted by molar-refractivity contribution is -0.134. The maximum absolute atomic E-state index is 9.29. The standard InChI is InChI=1S/C6H10O.2C2H4O2S.C2H6O2/c1-3-5-7-6-4-2;2*3-2(4)1-5;3-1-2-4/h3-6H,1-2H3;2*5H,1H2,(H,3,4);3-4H,1-2H2. The molecule has 0 aliphatic heterocycles. The number of hydrogen-bond acceptors (Lipinski definition) is 7. The lowest BCUT2D eigenvalue weighted by Crippen LogP contribution is -1.92. The van der Waals surface area contributed by atoms with Crippen LogP contribution in [0.15, 0.2) is 24.7 Å². The molecule has 0 heterocycles. The van der Waals surface area contributed by atoms with Gasteiger partial charge in [-0.1, -0.05) is 12.2 Å². The molecule has 0 aromatic heterocycles. The van der Waals surface area contributed by atoms with Gasteiger partial charge >= 0.3 is 11.9 Å². The molecule has 0 amide bonds. The van der Waals surface area contributed by atoms with Crippen molar-refractivity contribution < 1.29 is 34.8 Å². The molecule has 4 N–H and O–H groups in total. The second-order valence-electron chi connectivity index (χ2n) is 2.63. The summed E-state index contributed by atoms with van der Waals surface area (Å²) < 4.78 is 4.77. The molecule has 0 atom stereocenters. The van der Waals surface area contributed by atoms with Gasteiger partial charge in [-0.2, -0.15) is 25.3 Å². The van der Waals surface area contributed by atoms with Crippen LogP contribution in [0.4, 0.5) is 0 Å². The Balaban J connectivity index is -0.0000000939. The van der Waals surface area contributed by atoms with E-state index in [9.17, 15) is 9.59 Å². The first-order chi connectivity index (χ1) is 9.87. The minimum atomic E-state index is -0.881. The average molecular weight is 344 g/mol. The van der Waals surface area contributed by atoms with E-state index in [-0.39, 0.29) is 24.7 Å². The number of carboxylic acids is 2. The van der Waals surface area contributed by atoms with Gasteiger partial charge in [0.05, 0.1) is 37.2 Å². The fraction of sp³-hybridized carbons (Fsp3) is 0.500. The zero-order chi connectivity index (χ0) is 17.5. The SMILES string of the molecule is CC=COC=CC.O=C(O)CS.O=C(O)CS.OCCO. The second kappa shape index (κ2) is 31.3. The summed E-state index contributed by atoms with van der Waals surface area (Å²) in [5, 5.41) is 30.5. The second-order valence-corrected chi connectivity index (χ2v) is 3.26. The number of aliphatic hydroxyl groups is 2. The van der Waals surface area contributed by atoms with Crippen molar-refractivity contribution >= 4 is 37.2 Å². The van der Waals surface area contributed by atoms with E-state index < -0.39 is 11.9 Å². The van der Waals surface area contributed by atoms with Gasteiger partial charge in [-0.05, 0) is 13.8 Å². The third kappa shape index (κ3) is 86.9. The van der Waals surface area contributed by atoms with E-state index in [1.165, 1.54) is 0 Å². The van der Waals surface area contributed by atoms with E-state index in [1.807, 2.05) is 26.0 Å². The number of ether oxygens (including phenoxy) is 1. The van der Waals surface area contributed by atoms with Crippen molar-refractivity contribution in [1.82, 2.24) is 0 Å². The van der Waals surface area contributed by atoms with E-state index in [0.29, 0.717) is 0 Å². The molecule has 0 aromatic rings. The first-order valence-corrected chi connectivity index (χ1v) is 6.89. The van der Waals surface area contributed by atoms with Crippen molar-refractivity contribution in [3.63, 3.8) is 0 Å². The van der Waals surface area contributed by atoms with Crippen molar-refractivity contribution in [2.24, 2.45) is 0 Å². The van der Waals surface area contributed by atoms with Crippen LogP contribution in [0.3, 0.4) is 0 Å². The highest BCUT2D eigenvalue weighted by molar-refractivity contribution is 7.81. The predicted molar refractivity (Wildman–Crippen MR) is 87.9 cm³/mol. The molecule has 0 aliphatic rings. The van der Waals surface area contributed by atoms with Gasteiger partial charge in [0.15, 0.2) is 0 Å². The van der Waals surface area contributed by atoms with Crippen LogP contribution in [0.1, 0.15) is 13.8 Å². The number of aliphatic carboxylic acids is 2. The number of hydrogen-bond donors (Lipinski definition) is 6. The lowest BCUT2D eigenvalue weighted by Gasteiger charge is -1.82. The summed E-state index contributed by atoms with van der Waals surface area (Å²) in [6, 6.07) is 0. The van der Waals surface area contributed by atoms with Crippen molar-refractivity contribution in [2.45, 2.75) is 13.8 Å². The Hall–Kier alpha value is -1.16. The van der Waals surface area contributed by atoms with Gasteiger partial charge in [-0.25, -0.2) is 0 Å². The van der Waals surface area contributed by atoms with E-state index in [1.54, 1.807) is 12.5 Å². The Labute approximate surface area is 135 Å². The summed E-state index contributed by atoms with van der Waals surface area (Å²) in [4.78, 5) is 18.6. The summed E-state index contributed by atoms with van der Waals surface area (Å²) in [7, 11) is 0. The Kier molecular flexibility index (Phi) is 41.8. The molecule has 0 unspecified atom stereocenters. The monoisotopic (exact) mass is 344 g/mol. The first kappa shape index (κ1) is 28.1. The molecule has 21 heavy (non-hydrogen) atoms. The number of allylic oxidation sites excluding steroid dienone is 2. The van der Waals surface area contributed by atoms with Crippen LogP contribution in [0, 0.1) is 0 Å². The highest BCUT2D eigenvalue weighted by Gasteiger charge is 1.82. The van der Waals surface area contributed by atoms with Gasteiger partial charge in [0, 0.05) is 0 Å². The summed E-state index contributed by atoms with van der Waals surface area (Å²) in [5.74, 6) is -1.93. The number of rotatable bonds is 5. The number of carboxylic acid groups (broad SMARTS) is 2. The van der Waals surface area contributed by atoms with Crippen molar-refractivity contribution in [2.75, 3.05) is 24.7 Å². The molecule has 7 nitrogen and oxygen atoms in total. The quantitative estimate of drug-likeness (QED) is 0.325. The Morgan fingerprint density at radius 1 is 0.905 bits per heavy atom. The van der Waals surface area contributed by atoms with Crippen molar-refractivity contribution in [3.8, 4) is 0 Å². The fourth-order valence-electron chi connectivity index (χ4n) is 0.202. The van der Waals surface area contributed by atoms with Crippen molar-refractivity contribution in [3.05, 3.63) is 24.7 Å². The van der Waals surface area contributed by atoms with Crippen LogP contribution >= 0.6 is 25.3 Å². The van der Waals surface area contributed by atoms with Crippen LogP contribution in [0.5, 0.6) is 0 Å². The zero-order valence-corrected chi connectivity index (χ0v) is 13.8. The minimum Gasteiger partial charge on any atom is -0.481 e. The molecule has 0 radical (unpaired) electrons. The normalized spacial score (nSPS) is 8.67. The van der Waals surface area contributed by atoms with E-state index in [0.717, 1.165) is 0 Å². The molecule has 0 aromatic carbocycles. The molecular formula is C12H24O7S2. The van der Waals surface area contributed by atoms with Gasteiger partial charge < -0.3 is 25.2 Å². The molecule has 9 heteroatoms. The molecule has 0 spiro atoms. The minimum absolute atomic E-state index is 0.0833. The number of aliphatic hydroxyl groups excluding tert-OH is 2. The maximum atomic E-state index is 9.29. The lowest BCUT2D eigenvalue weighted by atomic mass is 10.7. The summed E-state index contributed by atoms with van der Waals surface area (Å²) in [5.41, 5.74) is 0. The molecule has 0 saturated heterocycles. The largest absolute Gasteiger partial charge is 0.481 e. The number of carbonyl (C=O) groups is 2. The molecular weight excluding hydrogens is 320 g/mol. The predicted octanol–water partition coefficient (Wildman–Crippen LogP) is 1.04. The van der Waals surface area contributed by atoms with E-state index >= 15 is 0 Å². The zero-order valence-electron chi connectivity index (χ0n) is 12.0. The summed E-state index contributed by atoms with van der Waals surface area (Å²) >= 11 is 6.83. The molecule has 0 rings (SSSR count). The van der Waals surface area contributed by atoms with Crippen LogP contribution in [-0.2, 0) is 14.3 Å². The summed E-state index contributed by atoms with van der Waals surface area (Å²) in [6.07, 6.45) is 6.92. The van der Waals surface area contributed by atoms with Crippen LogP contribution in [-0.4, -0.2) is 57.1 Å². The average Bonchev–Trinajstić information content (AvgIpc) is 2.49. The smallest absolute Gasteiger partial charge is 0.313 e. The summed E-state index contributed by atoms with van der Waals surface area (Å²) in [6.45, 7) is 3.56. The van der Waals surface area contributed by atoms with Crippen LogP contribution < -0.4 is 0 Å². The van der Waals surface area contributed by atoms with Gasteiger partial charge in [-0.3, -0.25) is 9.59 Å².